The zero-order valence-electron chi connectivity index (χ0n) is 11.6. The van der Waals surface area contributed by atoms with Gasteiger partial charge in [-0.05, 0) is 18.9 Å². The van der Waals surface area contributed by atoms with Crippen LogP contribution in [-0.2, 0) is 4.74 Å². The molecule has 112 valence electrons. The maximum atomic E-state index is 10.4. The summed E-state index contributed by atoms with van der Waals surface area (Å²) in [6.45, 7) is 0.177. The van der Waals surface area contributed by atoms with Gasteiger partial charge in [0.25, 0.3) is 0 Å². The first kappa shape index (κ1) is 13.0. The van der Waals surface area contributed by atoms with E-state index in [1.807, 2.05) is 10.6 Å². The fourth-order valence-corrected chi connectivity index (χ4v) is 2.72. The van der Waals surface area contributed by atoms with Crippen LogP contribution in [0.3, 0.4) is 0 Å². The summed E-state index contributed by atoms with van der Waals surface area (Å²) in [7, 11) is 0. The fraction of sp³-hybridized carbons (Fsp3) is 0.385. The van der Waals surface area contributed by atoms with E-state index in [9.17, 15) is 4.91 Å². The Balaban J connectivity index is 1.72. The predicted molar refractivity (Wildman–Crippen MR) is 76.3 cm³/mol. The fourth-order valence-electron chi connectivity index (χ4n) is 2.72. The SMILES string of the molecule is O=NCC1CCC(n2cnc3c(-n4cccn4)ncnc32)O1. The number of nitroso groups, excluding NO2 is 1. The summed E-state index contributed by atoms with van der Waals surface area (Å²) >= 11 is 0. The second kappa shape index (κ2) is 5.26. The quantitative estimate of drug-likeness (QED) is 0.676. The van der Waals surface area contributed by atoms with Crippen molar-refractivity contribution in [2.45, 2.75) is 25.2 Å². The number of ether oxygens (including phenoxy) is 1. The van der Waals surface area contributed by atoms with Crippen LogP contribution < -0.4 is 0 Å². The van der Waals surface area contributed by atoms with Gasteiger partial charge in [0.15, 0.2) is 17.0 Å². The molecule has 0 bridgehead atoms. The van der Waals surface area contributed by atoms with Crippen molar-refractivity contribution >= 4 is 11.2 Å². The molecule has 0 amide bonds. The van der Waals surface area contributed by atoms with Crippen molar-refractivity contribution in [1.29, 1.82) is 0 Å². The number of fused-ring (bicyclic) bond motifs is 1. The van der Waals surface area contributed by atoms with Crippen LogP contribution in [0.5, 0.6) is 0 Å². The van der Waals surface area contributed by atoms with Crippen molar-refractivity contribution in [3.63, 3.8) is 0 Å². The van der Waals surface area contributed by atoms with Crippen LogP contribution in [0.25, 0.3) is 17.0 Å². The molecule has 0 aliphatic carbocycles. The van der Waals surface area contributed by atoms with E-state index in [-0.39, 0.29) is 18.9 Å². The minimum Gasteiger partial charge on any atom is -0.353 e. The minimum atomic E-state index is -0.183. The second-order valence-corrected chi connectivity index (χ2v) is 5.07. The number of hydrogen-bond acceptors (Lipinski definition) is 7. The third-order valence-corrected chi connectivity index (χ3v) is 3.73. The molecule has 2 atom stereocenters. The summed E-state index contributed by atoms with van der Waals surface area (Å²) in [4.78, 5) is 23.3. The lowest BCUT2D eigenvalue weighted by Crippen LogP contribution is -2.13. The molecular weight excluding hydrogens is 286 g/mol. The number of rotatable bonds is 4. The highest BCUT2D eigenvalue weighted by molar-refractivity contribution is 5.78. The molecule has 0 N–H and O–H groups in total. The van der Waals surface area contributed by atoms with E-state index in [1.54, 1.807) is 23.4 Å². The number of imidazole rings is 1. The standard InChI is InChI=1S/C13H13N7O2/c21-18-6-9-2-3-10(22-9)19-8-16-11-12(19)14-7-15-13(11)20-5-1-4-17-20/h1,4-5,7-10H,2-3,6H2. The van der Waals surface area contributed by atoms with Crippen LogP contribution in [0, 0.1) is 4.91 Å². The van der Waals surface area contributed by atoms with Crippen molar-refractivity contribution in [2.24, 2.45) is 5.18 Å². The van der Waals surface area contributed by atoms with Gasteiger partial charge in [-0.3, -0.25) is 4.57 Å². The van der Waals surface area contributed by atoms with E-state index in [0.717, 1.165) is 12.8 Å². The van der Waals surface area contributed by atoms with Gasteiger partial charge in [-0.2, -0.15) is 10.0 Å². The first-order valence-corrected chi connectivity index (χ1v) is 6.99. The Kier molecular flexibility index (Phi) is 3.11. The molecule has 4 rings (SSSR count). The smallest absolute Gasteiger partial charge is 0.184 e. The Bertz CT molecular complexity index is 798. The number of aromatic nitrogens is 6. The second-order valence-electron chi connectivity index (χ2n) is 5.07. The van der Waals surface area contributed by atoms with Crippen LogP contribution >= 0.6 is 0 Å². The molecule has 22 heavy (non-hydrogen) atoms. The molecule has 0 aromatic carbocycles. The van der Waals surface area contributed by atoms with Gasteiger partial charge in [-0.1, -0.05) is 5.18 Å². The van der Waals surface area contributed by atoms with Crippen molar-refractivity contribution < 1.29 is 4.74 Å². The molecule has 0 saturated carbocycles. The molecule has 9 nitrogen and oxygen atoms in total. The van der Waals surface area contributed by atoms with Gasteiger partial charge in [0, 0.05) is 12.4 Å². The molecule has 9 heteroatoms. The first-order valence-electron chi connectivity index (χ1n) is 6.99. The van der Waals surface area contributed by atoms with Gasteiger partial charge in [0.05, 0.1) is 12.4 Å². The lowest BCUT2D eigenvalue weighted by atomic mass is 10.2. The molecule has 1 saturated heterocycles. The van der Waals surface area contributed by atoms with E-state index in [0.29, 0.717) is 17.0 Å². The van der Waals surface area contributed by atoms with Gasteiger partial charge in [-0.15, -0.1) is 0 Å². The Morgan fingerprint density at radius 3 is 3.09 bits per heavy atom. The maximum Gasteiger partial charge on any atom is 0.184 e. The number of nitrogens with zero attached hydrogens (tertiary/aromatic N) is 7. The molecule has 4 heterocycles. The highest BCUT2D eigenvalue weighted by atomic mass is 16.5. The summed E-state index contributed by atoms with van der Waals surface area (Å²) in [5.74, 6) is 0.623. The lowest BCUT2D eigenvalue weighted by molar-refractivity contribution is 0.00876. The Morgan fingerprint density at radius 2 is 2.27 bits per heavy atom. The van der Waals surface area contributed by atoms with Gasteiger partial charge < -0.3 is 4.74 Å². The van der Waals surface area contributed by atoms with Gasteiger partial charge in [0.2, 0.25) is 0 Å². The maximum absolute atomic E-state index is 10.4. The van der Waals surface area contributed by atoms with E-state index < -0.39 is 0 Å². The van der Waals surface area contributed by atoms with Crippen LogP contribution in [0.15, 0.2) is 36.3 Å². The van der Waals surface area contributed by atoms with Crippen molar-refractivity contribution in [1.82, 2.24) is 29.3 Å². The summed E-state index contributed by atoms with van der Waals surface area (Å²) < 4.78 is 9.35. The molecular formula is C13H13N7O2. The van der Waals surface area contributed by atoms with Crippen LogP contribution in [0.4, 0.5) is 0 Å². The topological polar surface area (TPSA) is 100 Å². The molecule has 0 spiro atoms. The predicted octanol–water partition coefficient (Wildman–Crippen LogP) is 1.46. The number of hydrogen-bond donors (Lipinski definition) is 0. The molecule has 3 aromatic heterocycles. The Morgan fingerprint density at radius 1 is 1.32 bits per heavy atom. The largest absolute Gasteiger partial charge is 0.353 e. The normalized spacial score (nSPS) is 21.5. The minimum absolute atomic E-state index is 0.132. The Labute approximate surface area is 124 Å². The van der Waals surface area contributed by atoms with Crippen molar-refractivity contribution in [3.8, 4) is 5.82 Å². The third-order valence-electron chi connectivity index (χ3n) is 3.73. The summed E-state index contributed by atoms with van der Waals surface area (Å²) in [5, 5.41) is 7.09. The lowest BCUT2D eigenvalue weighted by Gasteiger charge is -2.13. The molecule has 3 aromatic rings. The molecule has 0 radical (unpaired) electrons. The average molecular weight is 299 g/mol. The van der Waals surface area contributed by atoms with Gasteiger partial charge >= 0.3 is 0 Å². The first-order chi connectivity index (χ1) is 10.9. The van der Waals surface area contributed by atoms with E-state index >= 15 is 0 Å². The average Bonchev–Trinajstić information content (AvgIpc) is 3.27. The van der Waals surface area contributed by atoms with Crippen molar-refractivity contribution in [3.05, 3.63) is 36.0 Å². The summed E-state index contributed by atoms with van der Waals surface area (Å²) in [5.41, 5.74) is 1.34. The highest BCUT2D eigenvalue weighted by Gasteiger charge is 2.28. The monoisotopic (exact) mass is 299 g/mol. The van der Waals surface area contributed by atoms with Crippen molar-refractivity contribution in [2.75, 3.05) is 6.54 Å². The molecule has 1 aliphatic rings. The van der Waals surface area contributed by atoms with Gasteiger partial charge in [0.1, 0.15) is 19.1 Å². The third kappa shape index (κ3) is 2.06. The van der Waals surface area contributed by atoms with Crippen LogP contribution in [0.1, 0.15) is 19.1 Å². The van der Waals surface area contributed by atoms with Gasteiger partial charge in [-0.25, -0.2) is 19.6 Å². The zero-order valence-corrected chi connectivity index (χ0v) is 11.6. The molecule has 2 unspecified atom stereocenters. The summed E-state index contributed by atoms with van der Waals surface area (Å²) in [6, 6.07) is 1.82. The van der Waals surface area contributed by atoms with Crippen LogP contribution in [0.2, 0.25) is 0 Å². The molecule has 1 fully saturated rings. The van der Waals surface area contributed by atoms with E-state index in [1.165, 1.54) is 6.33 Å². The zero-order chi connectivity index (χ0) is 14.9. The molecule has 1 aliphatic heterocycles. The van der Waals surface area contributed by atoms with E-state index in [4.69, 9.17) is 4.74 Å². The summed E-state index contributed by atoms with van der Waals surface area (Å²) in [6.07, 6.45) is 7.94. The Hall–Kier alpha value is -2.68. The van der Waals surface area contributed by atoms with E-state index in [2.05, 4.69) is 25.2 Å². The highest BCUT2D eigenvalue weighted by Crippen LogP contribution is 2.31. The van der Waals surface area contributed by atoms with Crippen LogP contribution in [-0.4, -0.2) is 41.9 Å².